The second kappa shape index (κ2) is 7.23. The van der Waals surface area contributed by atoms with E-state index in [1.165, 1.54) is 38.4 Å². The summed E-state index contributed by atoms with van der Waals surface area (Å²) in [4.78, 5) is 22.5. The lowest BCUT2D eigenvalue weighted by Crippen LogP contribution is -2.19. The van der Waals surface area contributed by atoms with Gasteiger partial charge in [0, 0.05) is 17.2 Å². The zero-order valence-electron chi connectivity index (χ0n) is 13.0. The van der Waals surface area contributed by atoms with Crippen LogP contribution in [0.4, 0.5) is 5.69 Å². The molecule has 2 aromatic rings. The van der Waals surface area contributed by atoms with Crippen LogP contribution < -0.4 is 10.2 Å². The van der Waals surface area contributed by atoms with Crippen LogP contribution >= 0.6 is 0 Å². The highest BCUT2D eigenvalue weighted by Crippen LogP contribution is 2.28. The van der Waals surface area contributed by atoms with Crippen LogP contribution in [0.2, 0.25) is 0 Å². The fourth-order valence-corrected chi connectivity index (χ4v) is 2.10. The van der Waals surface area contributed by atoms with Crippen LogP contribution in [-0.2, 0) is 0 Å². The van der Waals surface area contributed by atoms with E-state index < -0.39 is 10.8 Å². The summed E-state index contributed by atoms with van der Waals surface area (Å²) in [5, 5.41) is 24.6. The van der Waals surface area contributed by atoms with Crippen LogP contribution in [0.5, 0.6) is 11.5 Å². The molecule has 0 radical (unpaired) electrons. The summed E-state index contributed by atoms with van der Waals surface area (Å²) < 4.78 is 4.97. The number of para-hydroxylation sites is 1. The van der Waals surface area contributed by atoms with Gasteiger partial charge in [0.2, 0.25) is 0 Å². The van der Waals surface area contributed by atoms with Gasteiger partial charge in [-0.25, -0.2) is 5.43 Å². The van der Waals surface area contributed by atoms with E-state index in [9.17, 15) is 20.0 Å². The SMILES string of the molecule is COc1cccc(/C=N\NC(=O)c2cccc([N+](=O)[O-])c2C)c1O. The maximum atomic E-state index is 12.1. The fourth-order valence-electron chi connectivity index (χ4n) is 2.10. The van der Waals surface area contributed by atoms with E-state index in [1.54, 1.807) is 18.2 Å². The van der Waals surface area contributed by atoms with Crippen molar-refractivity contribution in [2.24, 2.45) is 5.10 Å². The zero-order chi connectivity index (χ0) is 17.7. The lowest BCUT2D eigenvalue weighted by molar-refractivity contribution is -0.385. The molecular weight excluding hydrogens is 314 g/mol. The Hall–Kier alpha value is -3.42. The number of amides is 1. The third kappa shape index (κ3) is 3.49. The van der Waals surface area contributed by atoms with Gasteiger partial charge >= 0.3 is 0 Å². The molecule has 0 saturated carbocycles. The molecule has 0 aliphatic rings. The number of carbonyl (C=O) groups excluding carboxylic acids is 1. The van der Waals surface area contributed by atoms with Crippen molar-refractivity contribution in [1.29, 1.82) is 0 Å². The van der Waals surface area contributed by atoms with Gasteiger partial charge in [-0.15, -0.1) is 0 Å². The largest absolute Gasteiger partial charge is 0.504 e. The van der Waals surface area contributed by atoms with Gasteiger partial charge < -0.3 is 9.84 Å². The average Bonchev–Trinajstić information content (AvgIpc) is 2.56. The minimum absolute atomic E-state index is 0.107. The van der Waals surface area contributed by atoms with Gasteiger partial charge in [-0.2, -0.15) is 5.10 Å². The molecule has 0 bridgehead atoms. The first-order chi connectivity index (χ1) is 11.5. The van der Waals surface area contributed by atoms with Crippen molar-refractivity contribution in [2.45, 2.75) is 6.92 Å². The molecule has 0 heterocycles. The Labute approximate surface area is 137 Å². The number of hydrogen-bond donors (Lipinski definition) is 2. The number of nitrogens with zero attached hydrogens (tertiary/aromatic N) is 2. The summed E-state index contributed by atoms with van der Waals surface area (Å²) in [6.45, 7) is 1.49. The molecule has 0 spiro atoms. The molecule has 0 aliphatic heterocycles. The highest BCUT2D eigenvalue weighted by atomic mass is 16.6. The molecule has 0 fully saturated rings. The number of nitro benzene ring substituents is 1. The summed E-state index contributed by atoms with van der Waals surface area (Å²) in [5.41, 5.74) is 2.88. The molecule has 0 atom stereocenters. The summed E-state index contributed by atoms with van der Waals surface area (Å²) in [6, 6.07) is 9.05. The maximum absolute atomic E-state index is 12.1. The van der Waals surface area contributed by atoms with Gasteiger partial charge in [0.25, 0.3) is 11.6 Å². The molecule has 2 N–H and O–H groups in total. The van der Waals surface area contributed by atoms with Crippen molar-refractivity contribution in [3.8, 4) is 11.5 Å². The number of aromatic hydroxyl groups is 1. The Morgan fingerprint density at radius 3 is 2.71 bits per heavy atom. The number of nitro groups is 1. The lowest BCUT2D eigenvalue weighted by Gasteiger charge is -2.06. The highest BCUT2D eigenvalue weighted by molar-refractivity contribution is 5.97. The number of carbonyl (C=O) groups is 1. The normalized spacial score (nSPS) is 10.6. The Balaban J connectivity index is 2.17. The Morgan fingerprint density at radius 1 is 1.33 bits per heavy atom. The third-order valence-corrected chi connectivity index (χ3v) is 3.37. The van der Waals surface area contributed by atoms with Crippen LogP contribution in [0.3, 0.4) is 0 Å². The van der Waals surface area contributed by atoms with Gasteiger partial charge in [-0.3, -0.25) is 14.9 Å². The monoisotopic (exact) mass is 329 g/mol. The van der Waals surface area contributed by atoms with E-state index in [-0.39, 0.29) is 28.3 Å². The van der Waals surface area contributed by atoms with Crippen LogP contribution in [0, 0.1) is 17.0 Å². The van der Waals surface area contributed by atoms with Crippen LogP contribution in [0.1, 0.15) is 21.5 Å². The summed E-state index contributed by atoms with van der Waals surface area (Å²) >= 11 is 0. The average molecular weight is 329 g/mol. The molecule has 24 heavy (non-hydrogen) atoms. The van der Waals surface area contributed by atoms with Crippen molar-refractivity contribution in [3.05, 3.63) is 63.2 Å². The Kier molecular flexibility index (Phi) is 5.10. The highest BCUT2D eigenvalue weighted by Gasteiger charge is 2.17. The molecule has 8 heteroatoms. The van der Waals surface area contributed by atoms with Gasteiger partial charge in [0.15, 0.2) is 11.5 Å². The van der Waals surface area contributed by atoms with Crippen LogP contribution in [-0.4, -0.2) is 29.3 Å². The van der Waals surface area contributed by atoms with Crippen molar-refractivity contribution in [3.63, 3.8) is 0 Å². The number of phenolic OH excluding ortho intramolecular Hbond substituents is 1. The van der Waals surface area contributed by atoms with Gasteiger partial charge in [0.05, 0.1) is 23.8 Å². The minimum atomic E-state index is -0.588. The number of rotatable bonds is 5. The fraction of sp³-hybridized carbons (Fsp3) is 0.125. The van der Waals surface area contributed by atoms with Crippen molar-refractivity contribution < 1.29 is 19.6 Å². The Bertz CT molecular complexity index is 817. The number of ether oxygens (including phenoxy) is 1. The quantitative estimate of drug-likeness (QED) is 0.496. The number of hydrazone groups is 1. The number of nitrogens with one attached hydrogen (secondary N) is 1. The number of hydrogen-bond acceptors (Lipinski definition) is 6. The van der Waals surface area contributed by atoms with E-state index in [1.807, 2.05) is 0 Å². The van der Waals surface area contributed by atoms with Crippen LogP contribution in [0.15, 0.2) is 41.5 Å². The molecule has 2 aromatic carbocycles. The van der Waals surface area contributed by atoms with Gasteiger partial charge in [0.1, 0.15) is 0 Å². The van der Waals surface area contributed by atoms with Crippen molar-refractivity contribution >= 4 is 17.8 Å². The second-order valence-electron chi connectivity index (χ2n) is 4.80. The standard InChI is InChI=1S/C16H15N3O5/c1-10-12(6-4-7-13(10)19(22)23)16(21)18-17-9-11-5-3-8-14(24-2)15(11)20/h3-9,20H,1-2H3,(H,18,21)/b17-9-. The first-order valence-corrected chi connectivity index (χ1v) is 6.89. The summed E-state index contributed by atoms with van der Waals surface area (Å²) in [7, 11) is 1.42. The Morgan fingerprint density at radius 2 is 2.04 bits per heavy atom. The molecule has 0 unspecified atom stereocenters. The predicted molar refractivity (Wildman–Crippen MR) is 87.6 cm³/mol. The molecule has 0 saturated heterocycles. The molecule has 1 amide bonds. The molecule has 2 rings (SSSR count). The van der Waals surface area contributed by atoms with Gasteiger partial charge in [-0.05, 0) is 25.1 Å². The predicted octanol–water partition coefficient (Wildman–Crippen LogP) is 2.38. The van der Waals surface area contributed by atoms with Crippen molar-refractivity contribution in [2.75, 3.05) is 7.11 Å². The molecule has 124 valence electrons. The summed E-state index contributed by atoms with van der Waals surface area (Å²) in [6.07, 6.45) is 1.25. The zero-order valence-corrected chi connectivity index (χ0v) is 13.0. The summed E-state index contributed by atoms with van der Waals surface area (Å²) in [5.74, 6) is -0.417. The minimum Gasteiger partial charge on any atom is -0.504 e. The smallest absolute Gasteiger partial charge is 0.273 e. The van der Waals surface area contributed by atoms with E-state index >= 15 is 0 Å². The van der Waals surface area contributed by atoms with E-state index in [0.717, 1.165) is 0 Å². The van der Waals surface area contributed by atoms with Crippen molar-refractivity contribution in [1.82, 2.24) is 5.43 Å². The first kappa shape index (κ1) is 16.9. The molecule has 0 aromatic heterocycles. The van der Waals surface area contributed by atoms with E-state index in [4.69, 9.17) is 4.74 Å². The van der Waals surface area contributed by atoms with Gasteiger partial charge in [-0.1, -0.05) is 12.1 Å². The topological polar surface area (TPSA) is 114 Å². The lowest BCUT2D eigenvalue weighted by atomic mass is 10.1. The molecule has 8 nitrogen and oxygen atoms in total. The van der Waals surface area contributed by atoms with E-state index in [2.05, 4.69) is 10.5 Å². The number of benzene rings is 2. The third-order valence-electron chi connectivity index (χ3n) is 3.37. The molecule has 0 aliphatic carbocycles. The van der Waals surface area contributed by atoms with Crippen LogP contribution in [0.25, 0.3) is 0 Å². The number of methoxy groups -OCH3 is 1. The molecular formula is C16H15N3O5. The second-order valence-corrected chi connectivity index (χ2v) is 4.80. The first-order valence-electron chi connectivity index (χ1n) is 6.89. The maximum Gasteiger partial charge on any atom is 0.273 e. The number of phenols is 1. The van der Waals surface area contributed by atoms with E-state index in [0.29, 0.717) is 5.56 Å².